The SMILES string of the molecule is CCCCCCCCC(=O)Nc1ccc(N2CCN(C(=O)c3ccccc3C)CC2)cc1. The lowest BCUT2D eigenvalue weighted by Gasteiger charge is -2.36. The molecule has 5 nitrogen and oxygen atoms in total. The van der Waals surface area contributed by atoms with E-state index in [0.29, 0.717) is 19.5 Å². The number of rotatable bonds is 10. The highest BCUT2D eigenvalue weighted by atomic mass is 16.2. The molecular formula is C27H37N3O2. The number of hydrogen-bond acceptors (Lipinski definition) is 3. The van der Waals surface area contributed by atoms with E-state index in [-0.39, 0.29) is 11.8 Å². The van der Waals surface area contributed by atoms with Crippen molar-refractivity contribution in [3.8, 4) is 0 Å². The lowest BCUT2D eigenvalue weighted by atomic mass is 10.1. The number of anilines is 2. The molecule has 1 N–H and O–H groups in total. The number of nitrogens with one attached hydrogen (secondary N) is 1. The van der Waals surface area contributed by atoms with Crippen LogP contribution in [0.25, 0.3) is 0 Å². The quantitative estimate of drug-likeness (QED) is 0.491. The molecule has 1 aliphatic rings. The van der Waals surface area contributed by atoms with Crippen LogP contribution < -0.4 is 10.2 Å². The highest BCUT2D eigenvalue weighted by Gasteiger charge is 2.23. The Bertz CT molecular complexity index is 871. The molecule has 1 saturated heterocycles. The fourth-order valence-electron chi connectivity index (χ4n) is 4.20. The molecule has 0 atom stereocenters. The molecule has 5 heteroatoms. The third-order valence-electron chi connectivity index (χ3n) is 6.22. The highest BCUT2D eigenvalue weighted by molar-refractivity contribution is 5.95. The largest absolute Gasteiger partial charge is 0.368 e. The van der Waals surface area contributed by atoms with Crippen LogP contribution in [0.15, 0.2) is 48.5 Å². The number of benzene rings is 2. The first-order valence-electron chi connectivity index (χ1n) is 12.1. The van der Waals surface area contributed by atoms with E-state index >= 15 is 0 Å². The monoisotopic (exact) mass is 435 g/mol. The Hall–Kier alpha value is -2.82. The van der Waals surface area contributed by atoms with Gasteiger partial charge in [0.2, 0.25) is 5.91 Å². The van der Waals surface area contributed by atoms with Gasteiger partial charge in [0.05, 0.1) is 0 Å². The van der Waals surface area contributed by atoms with E-state index in [1.165, 1.54) is 25.7 Å². The van der Waals surface area contributed by atoms with Gasteiger partial charge >= 0.3 is 0 Å². The van der Waals surface area contributed by atoms with Gasteiger partial charge in [-0.05, 0) is 49.2 Å². The summed E-state index contributed by atoms with van der Waals surface area (Å²) in [6.07, 6.45) is 7.70. The van der Waals surface area contributed by atoms with Gasteiger partial charge in [-0.1, -0.05) is 57.2 Å². The zero-order chi connectivity index (χ0) is 22.8. The summed E-state index contributed by atoms with van der Waals surface area (Å²) in [5.41, 5.74) is 3.79. The fraction of sp³-hybridized carbons (Fsp3) is 0.481. The number of amides is 2. The topological polar surface area (TPSA) is 52.7 Å². The van der Waals surface area contributed by atoms with E-state index in [0.717, 1.165) is 48.4 Å². The van der Waals surface area contributed by atoms with Crippen LogP contribution >= 0.6 is 0 Å². The molecule has 0 bridgehead atoms. The van der Waals surface area contributed by atoms with Gasteiger partial charge in [0.15, 0.2) is 0 Å². The first-order valence-corrected chi connectivity index (χ1v) is 12.1. The normalized spacial score (nSPS) is 13.8. The maximum atomic E-state index is 12.8. The Morgan fingerprint density at radius 1 is 0.844 bits per heavy atom. The Morgan fingerprint density at radius 3 is 2.19 bits per heavy atom. The highest BCUT2D eigenvalue weighted by Crippen LogP contribution is 2.21. The molecule has 0 unspecified atom stereocenters. The van der Waals surface area contributed by atoms with Crippen LogP contribution in [0.3, 0.4) is 0 Å². The molecule has 3 rings (SSSR count). The van der Waals surface area contributed by atoms with E-state index in [4.69, 9.17) is 0 Å². The number of unbranched alkanes of at least 4 members (excludes halogenated alkanes) is 5. The second-order valence-electron chi connectivity index (χ2n) is 8.71. The predicted molar refractivity (Wildman–Crippen MR) is 132 cm³/mol. The van der Waals surface area contributed by atoms with E-state index in [9.17, 15) is 9.59 Å². The van der Waals surface area contributed by atoms with Gasteiger partial charge in [-0.2, -0.15) is 0 Å². The molecule has 0 radical (unpaired) electrons. The van der Waals surface area contributed by atoms with Gasteiger partial charge in [-0.3, -0.25) is 9.59 Å². The molecule has 1 heterocycles. The first-order chi connectivity index (χ1) is 15.6. The summed E-state index contributed by atoms with van der Waals surface area (Å²) < 4.78 is 0. The number of piperazine rings is 1. The van der Waals surface area contributed by atoms with Crippen molar-refractivity contribution in [1.29, 1.82) is 0 Å². The molecule has 2 aromatic carbocycles. The predicted octanol–water partition coefficient (Wildman–Crippen LogP) is 5.65. The van der Waals surface area contributed by atoms with E-state index in [1.54, 1.807) is 0 Å². The van der Waals surface area contributed by atoms with Gasteiger partial charge in [-0.15, -0.1) is 0 Å². The molecule has 2 aromatic rings. The van der Waals surface area contributed by atoms with Crippen molar-refractivity contribution in [2.75, 3.05) is 36.4 Å². The van der Waals surface area contributed by atoms with E-state index in [2.05, 4.69) is 29.3 Å². The minimum absolute atomic E-state index is 0.0940. The summed E-state index contributed by atoms with van der Waals surface area (Å²) >= 11 is 0. The molecule has 172 valence electrons. The van der Waals surface area contributed by atoms with Gasteiger partial charge in [0, 0.05) is 49.5 Å². The standard InChI is InChI=1S/C27H37N3O2/c1-3-4-5-6-7-8-13-26(31)28-23-14-16-24(17-15-23)29-18-20-30(21-19-29)27(32)25-12-10-9-11-22(25)2/h9-12,14-17H,3-8,13,18-21H2,1-2H3,(H,28,31). The molecule has 0 saturated carbocycles. The smallest absolute Gasteiger partial charge is 0.254 e. The maximum Gasteiger partial charge on any atom is 0.254 e. The zero-order valence-electron chi connectivity index (χ0n) is 19.6. The maximum absolute atomic E-state index is 12.8. The van der Waals surface area contributed by atoms with Crippen LogP contribution in [0.2, 0.25) is 0 Å². The van der Waals surface area contributed by atoms with Crippen LogP contribution in [-0.4, -0.2) is 42.9 Å². The van der Waals surface area contributed by atoms with Crippen molar-refractivity contribution in [1.82, 2.24) is 4.90 Å². The van der Waals surface area contributed by atoms with Gasteiger partial charge in [0.25, 0.3) is 5.91 Å². The van der Waals surface area contributed by atoms with Crippen molar-refractivity contribution in [3.63, 3.8) is 0 Å². The number of nitrogens with zero attached hydrogens (tertiary/aromatic N) is 2. The number of carbonyl (C=O) groups is 2. The average molecular weight is 436 g/mol. The summed E-state index contributed by atoms with van der Waals surface area (Å²) in [4.78, 5) is 29.2. The molecule has 1 aliphatic heterocycles. The molecule has 0 spiro atoms. The molecule has 2 amide bonds. The lowest BCUT2D eigenvalue weighted by molar-refractivity contribution is -0.116. The zero-order valence-corrected chi connectivity index (χ0v) is 19.6. The summed E-state index contributed by atoms with van der Waals surface area (Å²) in [5, 5.41) is 3.01. The van der Waals surface area contributed by atoms with Crippen LogP contribution in [0.5, 0.6) is 0 Å². The van der Waals surface area contributed by atoms with Gasteiger partial charge in [0.1, 0.15) is 0 Å². The third-order valence-corrected chi connectivity index (χ3v) is 6.22. The molecule has 0 aliphatic carbocycles. The van der Waals surface area contributed by atoms with Crippen LogP contribution in [-0.2, 0) is 4.79 Å². The minimum Gasteiger partial charge on any atom is -0.368 e. The molecule has 1 fully saturated rings. The molecule has 32 heavy (non-hydrogen) atoms. The lowest BCUT2D eigenvalue weighted by Crippen LogP contribution is -2.48. The van der Waals surface area contributed by atoms with Crippen molar-refractivity contribution >= 4 is 23.2 Å². The number of hydrogen-bond donors (Lipinski definition) is 1. The third kappa shape index (κ3) is 6.84. The van der Waals surface area contributed by atoms with Crippen molar-refractivity contribution < 1.29 is 9.59 Å². The Kier molecular flexibility index (Phi) is 9.14. The summed E-state index contributed by atoms with van der Waals surface area (Å²) in [7, 11) is 0. The van der Waals surface area contributed by atoms with E-state index in [1.807, 2.05) is 48.2 Å². The van der Waals surface area contributed by atoms with Crippen molar-refractivity contribution in [2.24, 2.45) is 0 Å². The minimum atomic E-state index is 0.0940. The summed E-state index contributed by atoms with van der Waals surface area (Å²) in [6.45, 7) is 7.24. The second-order valence-corrected chi connectivity index (χ2v) is 8.71. The van der Waals surface area contributed by atoms with Crippen LogP contribution in [0, 0.1) is 6.92 Å². The van der Waals surface area contributed by atoms with Crippen molar-refractivity contribution in [3.05, 3.63) is 59.7 Å². The van der Waals surface area contributed by atoms with E-state index < -0.39 is 0 Å². The molecule has 0 aromatic heterocycles. The number of aryl methyl sites for hydroxylation is 1. The fourth-order valence-corrected chi connectivity index (χ4v) is 4.20. The van der Waals surface area contributed by atoms with Crippen molar-refractivity contribution in [2.45, 2.75) is 58.8 Å². The van der Waals surface area contributed by atoms with Gasteiger partial charge < -0.3 is 15.1 Å². The van der Waals surface area contributed by atoms with Crippen LogP contribution in [0.4, 0.5) is 11.4 Å². The summed E-state index contributed by atoms with van der Waals surface area (Å²) in [5.74, 6) is 0.211. The van der Waals surface area contributed by atoms with Crippen LogP contribution in [0.1, 0.15) is 67.8 Å². The summed E-state index contributed by atoms with van der Waals surface area (Å²) in [6, 6.07) is 15.8. The average Bonchev–Trinajstić information content (AvgIpc) is 2.82. The Labute approximate surface area is 192 Å². The second kappa shape index (κ2) is 12.3. The van der Waals surface area contributed by atoms with Gasteiger partial charge in [-0.25, -0.2) is 0 Å². The molecular weight excluding hydrogens is 398 g/mol. The first kappa shape index (κ1) is 23.8. The Morgan fingerprint density at radius 2 is 1.50 bits per heavy atom. The number of carbonyl (C=O) groups excluding carboxylic acids is 2. The Balaban J connectivity index is 1.42.